The molecule has 0 unspecified atom stereocenters. The molecular weight excluding hydrogens is 443 g/mol. The Labute approximate surface area is 171 Å². The number of amides is 1. The minimum absolute atomic E-state index is 0. The lowest BCUT2D eigenvalue weighted by atomic mass is 10.1. The summed E-state index contributed by atoms with van der Waals surface area (Å²) in [5, 5.41) is 13.6. The third kappa shape index (κ3) is 5.45. The number of hydrogen-bond donors (Lipinski definition) is 3. The quantitative estimate of drug-likeness (QED) is 0.354. The molecule has 0 aliphatic rings. The van der Waals surface area contributed by atoms with Gasteiger partial charge in [-0.15, -0.1) is 24.0 Å². The summed E-state index contributed by atoms with van der Waals surface area (Å²) < 4.78 is 1.89. The van der Waals surface area contributed by atoms with E-state index in [0.717, 1.165) is 22.9 Å². The number of carbonyl (C=O) groups is 1. The Hall–Kier alpha value is -2.10. The van der Waals surface area contributed by atoms with Crippen LogP contribution in [0, 0.1) is 13.8 Å². The third-order valence-electron chi connectivity index (χ3n) is 4.22. The van der Waals surface area contributed by atoms with Gasteiger partial charge in [0.2, 0.25) is 0 Å². The van der Waals surface area contributed by atoms with E-state index in [9.17, 15) is 4.79 Å². The molecule has 0 fully saturated rings. The van der Waals surface area contributed by atoms with Gasteiger partial charge in [-0.3, -0.25) is 14.5 Å². The van der Waals surface area contributed by atoms with E-state index in [1.165, 1.54) is 5.56 Å². The molecule has 2 aromatic rings. The van der Waals surface area contributed by atoms with Crippen molar-refractivity contribution < 1.29 is 4.79 Å². The normalized spacial score (nSPS) is 10.9. The minimum Gasteiger partial charge on any atom is -0.355 e. The van der Waals surface area contributed by atoms with Crippen LogP contribution in [0.1, 0.15) is 32.9 Å². The van der Waals surface area contributed by atoms with E-state index in [4.69, 9.17) is 0 Å². The number of nitrogens with zero attached hydrogens (tertiary/aromatic N) is 3. The molecule has 0 spiro atoms. The van der Waals surface area contributed by atoms with Crippen LogP contribution in [0.5, 0.6) is 0 Å². The molecule has 0 saturated carbocycles. The molecule has 0 aliphatic heterocycles. The predicted octanol–water partition coefficient (Wildman–Crippen LogP) is 1.88. The van der Waals surface area contributed by atoms with E-state index in [0.29, 0.717) is 18.7 Å². The first-order valence-electron chi connectivity index (χ1n) is 8.20. The standard InChI is InChI=1S/C18H26N6O.HI/c1-12-16(13(2)24(5)23-12)11-22-18(20-4)21-10-14-6-8-15(9-7-14)17(25)19-3;/h6-9H,10-11H2,1-5H3,(H,19,25)(H2,20,21,22);1H. The Morgan fingerprint density at radius 1 is 1.15 bits per heavy atom. The Morgan fingerprint density at radius 2 is 1.77 bits per heavy atom. The molecule has 0 bridgehead atoms. The number of carbonyl (C=O) groups excluding carboxylic acids is 1. The monoisotopic (exact) mass is 470 g/mol. The Bertz CT molecular complexity index is 767. The van der Waals surface area contributed by atoms with Crippen LogP contribution >= 0.6 is 24.0 Å². The number of guanidine groups is 1. The molecular formula is C18H27IN6O. The highest BCUT2D eigenvalue weighted by Crippen LogP contribution is 2.11. The average Bonchev–Trinajstić information content (AvgIpc) is 2.87. The zero-order chi connectivity index (χ0) is 18.4. The fourth-order valence-electron chi connectivity index (χ4n) is 2.57. The number of aliphatic imine (C=N–C) groups is 1. The van der Waals surface area contributed by atoms with Gasteiger partial charge in [-0.2, -0.15) is 5.10 Å². The average molecular weight is 470 g/mol. The van der Waals surface area contributed by atoms with Gasteiger partial charge < -0.3 is 16.0 Å². The van der Waals surface area contributed by atoms with Gasteiger partial charge in [0, 0.05) is 51.1 Å². The van der Waals surface area contributed by atoms with Crippen molar-refractivity contribution in [3.63, 3.8) is 0 Å². The second-order valence-corrected chi connectivity index (χ2v) is 5.83. The second-order valence-electron chi connectivity index (χ2n) is 5.83. The van der Waals surface area contributed by atoms with Crippen molar-refractivity contribution >= 4 is 35.8 Å². The van der Waals surface area contributed by atoms with Crippen molar-refractivity contribution in [3.05, 3.63) is 52.3 Å². The number of nitrogens with one attached hydrogen (secondary N) is 3. The summed E-state index contributed by atoms with van der Waals surface area (Å²) in [7, 11) is 5.31. The van der Waals surface area contributed by atoms with E-state index in [1.54, 1.807) is 14.1 Å². The largest absolute Gasteiger partial charge is 0.355 e. The van der Waals surface area contributed by atoms with Gasteiger partial charge in [0.1, 0.15) is 0 Å². The molecule has 0 atom stereocenters. The molecule has 3 N–H and O–H groups in total. The van der Waals surface area contributed by atoms with Gasteiger partial charge >= 0.3 is 0 Å². The van der Waals surface area contributed by atoms with Crippen LogP contribution in [-0.4, -0.2) is 35.7 Å². The van der Waals surface area contributed by atoms with Gasteiger partial charge in [0.25, 0.3) is 5.91 Å². The number of hydrogen-bond acceptors (Lipinski definition) is 3. The smallest absolute Gasteiger partial charge is 0.251 e. The minimum atomic E-state index is -0.0841. The van der Waals surface area contributed by atoms with Crippen molar-refractivity contribution in [2.24, 2.45) is 12.0 Å². The fraction of sp³-hybridized carbons (Fsp3) is 0.389. The van der Waals surface area contributed by atoms with Gasteiger partial charge in [-0.1, -0.05) is 12.1 Å². The van der Waals surface area contributed by atoms with Gasteiger partial charge in [-0.05, 0) is 31.5 Å². The molecule has 7 nitrogen and oxygen atoms in total. The molecule has 1 amide bonds. The first-order valence-corrected chi connectivity index (χ1v) is 8.20. The van der Waals surface area contributed by atoms with Crippen molar-refractivity contribution in [2.45, 2.75) is 26.9 Å². The third-order valence-corrected chi connectivity index (χ3v) is 4.22. The zero-order valence-corrected chi connectivity index (χ0v) is 18.2. The number of aryl methyl sites for hydroxylation is 2. The first kappa shape index (κ1) is 21.9. The van der Waals surface area contributed by atoms with Crippen LogP contribution in [0.3, 0.4) is 0 Å². The van der Waals surface area contributed by atoms with E-state index in [1.807, 2.05) is 42.9 Å². The highest BCUT2D eigenvalue weighted by Gasteiger charge is 2.09. The molecule has 8 heteroatoms. The maximum absolute atomic E-state index is 11.6. The molecule has 1 aromatic heterocycles. The summed E-state index contributed by atoms with van der Waals surface area (Å²) in [5.74, 6) is 0.636. The molecule has 0 saturated heterocycles. The second kappa shape index (κ2) is 10.1. The molecule has 0 radical (unpaired) electrons. The van der Waals surface area contributed by atoms with Crippen LogP contribution in [0.15, 0.2) is 29.3 Å². The topological polar surface area (TPSA) is 83.3 Å². The highest BCUT2D eigenvalue weighted by molar-refractivity contribution is 14.0. The summed E-state index contributed by atoms with van der Waals surface area (Å²) in [5.41, 5.74) is 5.07. The molecule has 2 rings (SSSR count). The maximum atomic E-state index is 11.6. The number of rotatable bonds is 5. The van der Waals surface area contributed by atoms with E-state index in [-0.39, 0.29) is 29.9 Å². The Balaban J connectivity index is 0.00000338. The Kier molecular flexibility index (Phi) is 8.56. The number of aromatic nitrogens is 2. The summed E-state index contributed by atoms with van der Waals surface area (Å²) in [6.45, 7) is 5.36. The van der Waals surface area contributed by atoms with Crippen LogP contribution in [0.2, 0.25) is 0 Å². The van der Waals surface area contributed by atoms with Crippen molar-refractivity contribution in [1.29, 1.82) is 0 Å². The first-order chi connectivity index (χ1) is 12.0. The van der Waals surface area contributed by atoms with Gasteiger partial charge in [-0.25, -0.2) is 0 Å². The Morgan fingerprint density at radius 3 is 2.27 bits per heavy atom. The maximum Gasteiger partial charge on any atom is 0.251 e. The molecule has 1 aromatic carbocycles. The summed E-state index contributed by atoms with van der Waals surface area (Å²) in [6, 6.07) is 7.49. The molecule has 142 valence electrons. The van der Waals surface area contributed by atoms with Crippen molar-refractivity contribution in [3.8, 4) is 0 Å². The summed E-state index contributed by atoms with van der Waals surface area (Å²) in [6.07, 6.45) is 0. The van der Waals surface area contributed by atoms with E-state index < -0.39 is 0 Å². The predicted molar refractivity (Wildman–Crippen MR) is 115 cm³/mol. The fourth-order valence-corrected chi connectivity index (χ4v) is 2.57. The molecule has 1 heterocycles. The van der Waals surface area contributed by atoms with Gasteiger partial charge in [0.05, 0.1) is 5.69 Å². The van der Waals surface area contributed by atoms with E-state index in [2.05, 4.69) is 33.0 Å². The van der Waals surface area contributed by atoms with Crippen LogP contribution in [0.4, 0.5) is 0 Å². The lowest BCUT2D eigenvalue weighted by Gasteiger charge is -2.12. The number of benzene rings is 1. The molecule has 26 heavy (non-hydrogen) atoms. The number of halogens is 1. The zero-order valence-electron chi connectivity index (χ0n) is 15.9. The van der Waals surface area contributed by atoms with Gasteiger partial charge in [0.15, 0.2) is 5.96 Å². The van der Waals surface area contributed by atoms with Crippen molar-refractivity contribution in [2.75, 3.05) is 14.1 Å². The van der Waals surface area contributed by atoms with Crippen LogP contribution < -0.4 is 16.0 Å². The highest BCUT2D eigenvalue weighted by atomic mass is 127. The molecule has 0 aliphatic carbocycles. The lowest BCUT2D eigenvalue weighted by Crippen LogP contribution is -2.36. The summed E-state index contributed by atoms with van der Waals surface area (Å²) in [4.78, 5) is 15.8. The lowest BCUT2D eigenvalue weighted by molar-refractivity contribution is 0.0963. The van der Waals surface area contributed by atoms with Crippen LogP contribution in [0.25, 0.3) is 0 Å². The van der Waals surface area contributed by atoms with Crippen molar-refractivity contribution in [1.82, 2.24) is 25.7 Å². The van der Waals surface area contributed by atoms with E-state index >= 15 is 0 Å². The van der Waals surface area contributed by atoms with Crippen LogP contribution in [-0.2, 0) is 20.1 Å². The summed E-state index contributed by atoms with van der Waals surface area (Å²) >= 11 is 0. The SMILES string of the molecule is CN=C(NCc1ccc(C(=O)NC)cc1)NCc1c(C)nn(C)c1C.I.